The number of carboxylic acid groups (broad SMARTS) is 1. The van der Waals surface area contributed by atoms with Crippen LogP contribution in [0.15, 0.2) is 42.5 Å². The Balaban J connectivity index is 2.30. The zero-order valence-corrected chi connectivity index (χ0v) is 9.58. The van der Waals surface area contributed by atoms with E-state index in [0.29, 0.717) is 5.56 Å². The molecule has 17 heavy (non-hydrogen) atoms. The van der Waals surface area contributed by atoms with E-state index in [2.05, 4.69) is 0 Å². The van der Waals surface area contributed by atoms with Crippen molar-refractivity contribution in [3.63, 3.8) is 0 Å². The van der Waals surface area contributed by atoms with Gasteiger partial charge in [0.2, 0.25) is 0 Å². The third kappa shape index (κ3) is 2.79. The molecule has 0 fully saturated rings. The van der Waals surface area contributed by atoms with E-state index in [1.807, 2.05) is 0 Å². The summed E-state index contributed by atoms with van der Waals surface area (Å²) in [5.74, 6) is -1.27. The number of aliphatic carboxylic acids is 1. The van der Waals surface area contributed by atoms with Gasteiger partial charge in [0, 0.05) is 21.4 Å². The summed E-state index contributed by atoms with van der Waals surface area (Å²) in [6.45, 7) is 0. The Morgan fingerprint density at radius 1 is 1.24 bits per heavy atom. The molecule has 86 valence electrons. The Morgan fingerprint density at radius 3 is 2.71 bits per heavy atom. The Bertz CT molecular complexity index is 572. The summed E-state index contributed by atoms with van der Waals surface area (Å²) in [6, 6.07) is 10.1. The van der Waals surface area contributed by atoms with Crippen molar-refractivity contribution in [3.8, 4) is 10.4 Å². The Labute approximate surface area is 102 Å². The first-order valence-corrected chi connectivity index (χ1v) is 5.74. The van der Waals surface area contributed by atoms with E-state index >= 15 is 0 Å². The maximum atomic E-state index is 13.5. The molecular formula is C13H9FO2S. The van der Waals surface area contributed by atoms with E-state index in [1.165, 1.54) is 23.5 Å². The number of hydrogen-bond donors (Lipinski definition) is 1. The number of carboxylic acids is 1. The minimum atomic E-state index is -0.995. The molecule has 4 heteroatoms. The molecule has 1 aromatic carbocycles. The maximum absolute atomic E-state index is 13.5. The number of carbonyl (C=O) groups is 1. The zero-order chi connectivity index (χ0) is 12.3. The smallest absolute Gasteiger partial charge is 0.328 e. The number of benzene rings is 1. The summed E-state index contributed by atoms with van der Waals surface area (Å²) in [5, 5.41) is 8.50. The molecule has 2 rings (SSSR count). The molecule has 0 aliphatic heterocycles. The fraction of sp³-hybridized carbons (Fsp3) is 0. The summed E-state index contributed by atoms with van der Waals surface area (Å²) in [5.41, 5.74) is 0.535. The lowest BCUT2D eigenvalue weighted by Gasteiger charge is -1.97. The number of halogens is 1. The van der Waals surface area contributed by atoms with Crippen molar-refractivity contribution in [2.75, 3.05) is 0 Å². The molecular weight excluding hydrogens is 239 g/mol. The highest BCUT2D eigenvalue weighted by atomic mass is 32.1. The topological polar surface area (TPSA) is 37.3 Å². The van der Waals surface area contributed by atoms with Crippen LogP contribution in [0, 0.1) is 5.82 Å². The fourth-order valence-electron chi connectivity index (χ4n) is 1.40. The predicted octanol–water partition coefficient (Wildman–Crippen LogP) is 3.65. The van der Waals surface area contributed by atoms with Crippen LogP contribution in [0.1, 0.15) is 4.88 Å². The summed E-state index contributed by atoms with van der Waals surface area (Å²) < 4.78 is 13.5. The van der Waals surface area contributed by atoms with Crippen molar-refractivity contribution in [2.24, 2.45) is 0 Å². The highest BCUT2D eigenvalue weighted by Gasteiger charge is 2.06. The summed E-state index contributed by atoms with van der Waals surface area (Å²) in [6.07, 6.45) is 2.56. The average molecular weight is 248 g/mol. The molecule has 0 unspecified atom stereocenters. The molecule has 0 radical (unpaired) electrons. The first-order chi connectivity index (χ1) is 8.16. The summed E-state index contributed by atoms with van der Waals surface area (Å²) >= 11 is 1.35. The number of hydrogen-bond acceptors (Lipinski definition) is 2. The molecule has 0 amide bonds. The lowest BCUT2D eigenvalue weighted by Crippen LogP contribution is -1.84. The van der Waals surface area contributed by atoms with Crippen molar-refractivity contribution < 1.29 is 14.3 Å². The second kappa shape index (κ2) is 4.93. The quantitative estimate of drug-likeness (QED) is 0.842. The molecule has 0 spiro atoms. The van der Waals surface area contributed by atoms with Gasteiger partial charge >= 0.3 is 5.97 Å². The van der Waals surface area contributed by atoms with Gasteiger partial charge in [0.25, 0.3) is 0 Å². The van der Waals surface area contributed by atoms with Crippen molar-refractivity contribution >= 4 is 23.4 Å². The van der Waals surface area contributed by atoms with Crippen molar-refractivity contribution in [3.05, 3.63) is 53.2 Å². The Hall–Kier alpha value is -1.94. The van der Waals surface area contributed by atoms with E-state index in [4.69, 9.17) is 5.11 Å². The van der Waals surface area contributed by atoms with Crippen LogP contribution in [0.25, 0.3) is 16.5 Å². The minimum absolute atomic E-state index is 0.275. The van der Waals surface area contributed by atoms with E-state index in [1.54, 1.807) is 30.3 Å². The van der Waals surface area contributed by atoms with Gasteiger partial charge in [0.15, 0.2) is 0 Å². The van der Waals surface area contributed by atoms with Crippen molar-refractivity contribution in [2.45, 2.75) is 0 Å². The van der Waals surface area contributed by atoms with Crippen molar-refractivity contribution in [1.82, 2.24) is 0 Å². The Morgan fingerprint density at radius 2 is 2.00 bits per heavy atom. The SMILES string of the molecule is O=C(O)/C=C/c1ccc(-c2ccccc2F)s1. The number of rotatable bonds is 3. The molecule has 2 nitrogen and oxygen atoms in total. The van der Waals surface area contributed by atoms with E-state index < -0.39 is 5.97 Å². The van der Waals surface area contributed by atoms with Gasteiger partial charge in [-0.2, -0.15) is 0 Å². The van der Waals surface area contributed by atoms with E-state index in [-0.39, 0.29) is 5.82 Å². The van der Waals surface area contributed by atoms with Crippen LogP contribution in [-0.2, 0) is 4.79 Å². The summed E-state index contributed by atoms with van der Waals surface area (Å²) in [7, 11) is 0. The van der Waals surface area contributed by atoms with Gasteiger partial charge in [-0.15, -0.1) is 11.3 Å². The molecule has 0 saturated heterocycles. The van der Waals surface area contributed by atoms with Gasteiger partial charge in [0.1, 0.15) is 5.82 Å². The highest BCUT2D eigenvalue weighted by molar-refractivity contribution is 7.16. The second-order valence-corrected chi connectivity index (χ2v) is 4.47. The molecule has 1 N–H and O–H groups in total. The van der Waals surface area contributed by atoms with Gasteiger partial charge in [0.05, 0.1) is 0 Å². The first kappa shape index (κ1) is 11.5. The number of thiophene rings is 1. The van der Waals surface area contributed by atoms with Crippen LogP contribution in [-0.4, -0.2) is 11.1 Å². The molecule has 1 heterocycles. The normalized spacial score (nSPS) is 10.9. The summed E-state index contributed by atoms with van der Waals surface area (Å²) in [4.78, 5) is 11.9. The Kier molecular flexibility index (Phi) is 3.35. The predicted molar refractivity (Wildman–Crippen MR) is 66.4 cm³/mol. The van der Waals surface area contributed by atoms with E-state index in [9.17, 15) is 9.18 Å². The lowest BCUT2D eigenvalue weighted by molar-refractivity contribution is -0.131. The van der Waals surface area contributed by atoms with Crippen molar-refractivity contribution in [1.29, 1.82) is 0 Å². The van der Waals surface area contributed by atoms with Gasteiger partial charge in [-0.3, -0.25) is 0 Å². The van der Waals surface area contributed by atoms with Crippen LogP contribution in [0.2, 0.25) is 0 Å². The van der Waals surface area contributed by atoms with Crippen LogP contribution in [0.5, 0.6) is 0 Å². The molecule has 0 bridgehead atoms. The molecule has 1 aromatic heterocycles. The first-order valence-electron chi connectivity index (χ1n) is 4.92. The molecule has 2 aromatic rings. The second-order valence-electron chi connectivity index (χ2n) is 3.35. The standard InChI is InChI=1S/C13H9FO2S/c14-11-4-2-1-3-10(11)12-7-5-9(17-12)6-8-13(15)16/h1-8H,(H,15,16)/b8-6+. The monoisotopic (exact) mass is 248 g/mol. The molecule has 0 atom stereocenters. The van der Waals surface area contributed by atoms with Gasteiger partial charge in [-0.25, -0.2) is 9.18 Å². The van der Waals surface area contributed by atoms with Crippen LogP contribution in [0.4, 0.5) is 4.39 Å². The molecule has 0 aliphatic rings. The highest BCUT2D eigenvalue weighted by Crippen LogP contribution is 2.30. The van der Waals surface area contributed by atoms with E-state index in [0.717, 1.165) is 15.8 Å². The lowest BCUT2D eigenvalue weighted by atomic mass is 10.2. The average Bonchev–Trinajstić information content (AvgIpc) is 2.75. The molecule has 0 aliphatic carbocycles. The van der Waals surface area contributed by atoms with Crippen LogP contribution < -0.4 is 0 Å². The minimum Gasteiger partial charge on any atom is -0.478 e. The zero-order valence-electron chi connectivity index (χ0n) is 8.76. The third-order valence-electron chi connectivity index (χ3n) is 2.16. The third-order valence-corrected chi connectivity index (χ3v) is 3.24. The van der Waals surface area contributed by atoms with Crippen LogP contribution >= 0.6 is 11.3 Å². The fourth-order valence-corrected chi connectivity index (χ4v) is 2.34. The largest absolute Gasteiger partial charge is 0.478 e. The van der Waals surface area contributed by atoms with Gasteiger partial charge < -0.3 is 5.11 Å². The van der Waals surface area contributed by atoms with Gasteiger partial charge in [-0.05, 0) is 24.3 Å². The van der Waals surface area contributed by atoms with Gasteiger partial charge in [-0.1, -0.05) is 18.2 Å². The molecule has 0 saturated carbocycles. The maximum Gasteiger partial charge on any atom is 0.328 e. The van der Waals surface area contributed by atoms with Crippen LogP contribution in [0.3, 0.4) is 0 Å².